The van der Waals surface area contributed by atoms with E-state index < -0.39 is 34.5 Å². The van der Waals surface area contributed by atoms with Crippen molar-refractivity contribution in [3.8, 4) is 0 Å². The van der Waals surface area contributed by atoms with Crippen molar-refractivity contribution in [1.29, 1.82) is 0 Å². The molecule has 0 radical (unpaired) electrons. The first-order valence-electron chi connectivity index (χ1n) is 5.50. The van der Waals surface area contributed by atoms with Gasteiger partial charge >= 0.3 is 0 Å². The van der Waals surface area contributed by atoms with E-state index in [9.17, 15) is 18.0 Å². The molecule has 0 fully saturated rings. The molecule has 1 atom stereocenters. The molecule has 6 heteroatoms. The number of carbonyl (C=O) groups is 1. The SMILES string of the molecule is CCC(C)(CN)C(=O)Nc1cc(F)c(F)cc1F. The van der Waals surface area contributed by atoms with Crippen molar-refractivity contribution in [3.63, 3.8) is 0 Å². The lowest BCUT2D eigenvalue weighted by Crippen LogP contribution is -2.39. The molecule has 0 spiro atoms. The van der Waals surface area contributed by atoms with Crippen LogP contribution in [0.1, 0.15) is 20.3 Å². The molecule has 3 N–H and O–H groups in total. The molecule has 0 aromatic heterocycles. The van der Waals surface area contributed by atoms with Crippen LogP contribution in [0, 0.1) is 22.9 Å². The predicted octanol–water partition coefficient (Wildman–Crippen LogP) is 2.42. The summed E-state index contributed by atoms with van der Waals surface area (Å²) in [6.45, 7) is 3.44. The number of nitrogens with two attached hydrogens (primary N) is 1. The molecule has 0 aliphatic rings. The van der Waals surface area contributed by atoms with Crippen LogP contribution < -0.4 is 11.1 Å². The van der Waals surface area contributed by atoms with Gasteiger partial charge in [-0.15, -0.1) is 0 Å². The smallest absolute Gasteiger partial charge is 0.231 e. The molecule has 1 rings (SSSR count). The number of halogens is 3. The van der Waals surface area contributed by atoms with Crippen LogP contribution in [0.15, 0.2) is 12.1 Å². The number of amides is 1. The molecule has 0 aliphatic heterocycles. The van der Waals surface area contributed by atoms with E-state index in [-0.39, 0.29) is 6.54 Å². The van der Waals surface area contributed by atoms with Gasteiger partial charge in [-0.2, -0.15) is 0 Å². The summed E-state index contributed by atoms with van der Waals surface area (Å²) in [6.07, 6.45) is 0.445. The zero-order valence-corrected chi connectivity index (χ0v) is 10.2. The van der Waals surface area contributed by atoms with Crippen molar-refractivity contribution in [2.45, 2.75) is 20.3 Å². The topological polar surface area (TPSA) is 55.1 Å². The lowest BCUT2D eigenvalue weighted by atomic mass is 9.86. The number of carbonyl (C=O) groups excluding carboxylic acids is 1. The molecular weight excluding hydrogens is 245 g/mol. The van der Waals surface area contributed by atoms with Gasteiger partial charge in [0.25, 0.3) is 0 Å². The zero-order chi connectivity index (χ0) is 13.9. The highest BCUT2D eigenvalue weighted by atomic mass is 19.2. The zero-order valence-electron chi connectivity index (χ0n) is 10.2. The maximum atomic E-state index is 13.3. The second kappa shape index (κ2) is 5.39. The lowest BCUT2D eigenvalue weighted by molar-refractivity contribution is -0.124. The third kappa shape index (κ3) is 2.81. The summed E-state index contributed by atoms with van der Waals surface area (Å²) in [5.74, 6) is -4.09. The van der Waals surface area contributed by atoms with Crippen LogP contribution in [0.3, 0.4) is 0 Å². The number of hydrogen-bond donors (Lipinski definition) is 2. The van der Waals surface area contributed by atoms with E-state index in [1.54, 1.807) is 13.8 Å². The van der Waals surface area contributed by atoms with Crippen LogP contribution in [0.4, 0.5) is 18.9 Å². The normalized spacial score (nSPS) is 14.1. The van der Waals surface area contributed by atoms with E-state index in [0.717, 1.165) is 0 Å². The van der Waals surface area contributed by atoms with Crippen molar-refractivity contribution in [2.24, 2.45) is 11.1 Å². The standard InChI is InChI=1S/C12H15F3N2O/c1-3-12(2,6-16)11(18)17-10-5-8(14)7(13)4-9(10)15/h4-5H,3,6,16H2,1-2H3,(H,17,18). The molecule has 18 heavy (non-hydrogen) atoms. The van der Waals surface area contributed by atoms with Crippen LogP contribution >= 0.6 is 0 Å². The summed E-state index contributed by atoms with van der Waals surface area (Å²) < 4.78 is 39.0. The minimum Gasteiger partial charge on any atom is -0.329 e. The first-order valence-corrected chi connectivity index (χ1v) is 5.50. The molecule has 1 aromatic carbocycles. The number of benzene rings is 1. The molecule has 1 amide bonds. The monoisotopic (exact) mass is 260 g/mol. The molecule has 1 unspecified atom stereocenters. The van der Waals surface area contributed by atoms with Crippen molar-refractivity contribution in [1.82, 2.24) is 0 Å². The Balaban J connectivity index is 2.98. The summed E-state index contributed by atoms with van der Waals surface area (Å²) in [5.41, 5.74) is 4.20. The third-order valence-corrected chi connectivity index (χ3v) is 3.04. The molecule has 3 nitrogen and oxygen atoms in total. The van der Waals surface area contributed by atoms with Gasteiger partial charge in [-0.05, 0) is 13.3 Å². The summed E-state index contributed by atoms with van der Waals surface area (Å²) in [6, 6.07) is 0.992. The van der Waals surface area contributed by atoms with Gasteiger partial charge in [0.15, 0.2) is 11.6 Å². The minimum atomic E-state index is -1.30. The fourth-order valence-electron chi connectivity index (χ4n) is 1.29. The van der Waals surface area contributed by atoms with Gasteiger partial charge in [-0.25, -0.2) is 13.2 Å². The van der Waals surface area contributed by atoms with Gasteiger partial charge in [0, 0.05) is 18.7 Å². The van der Waals surface area contributed by atoms with Crippen LogP contribution in [-0.4, -0.2) is 12.5 Å². The van der Waals surface area contributed by atoms with Crippen molar-refractivity contribution in [3.05, 3.63) is 29.6 Å². The van der Waals surface area contributed by atoms with Gasteiger partial charge in [-0.3, -0.25) is 4.79 Å². The molecule has 0 saturated heterocycles. The molecule has 0 heterocycles. The average Bonchev–Trinajstić information content (AvgIpc) is 2.34. The lowest BCUT2D eigenvalue weighted by Gasteiger charge is -2.25. The molecule has 100 valence electrons. The fraction of sp³-hybridized carbons (Fsp3) is 0.417. The van der Waals surface area contributed by atoms with Gasteiger partial charge < -0.3 is 11.1 Å². The highest BCUT2D eigenvalue weighted by molar-refractivity contribution is 5.95. The van der Waals surface area contributed by atoms with Crippen molar-refractivity contribution in [2.75, 3.05) is 11.9 Å². The summed E-state index contributed by atoms with van der Waals surface area (Å²) >= 11 is 0. The molecule has 0 bridgehead atoms. The van der Waals surface area contributed by atoms with E-state index >= 15 is 0 Å². The summed E-state index contributed by atoms with van der Waals surface area (Å²) in [7, 11) is 0. The summed E-state index contributed by atoms with van der Waals surface area (Å²) in [4.78, 5) is 11.9. The van der Waals surface area contributed by atoms with E-state index in [1.807, 2.05) is 0 Å². The Morgan fingerprint density at radius 1 is 1.28 bits per heavy atom. The van der Waals surface area contributed by atoms with Gasteiger partial charge in [0.2, 0.25) is 5.91 Å². The highest BCUT2D eigenvalue weighted by Gasteiger charge is 2.30. The second-order valence-corrected chi connectivity index (χ2v) is 4.32. The third-order valence-electron chi connectivity index (χ3n) is 3.04. The number of rotatable bonds is 4. The van der Waals surface area contributed by atoms with E-state index in [2.05, 4.69) is 5.32 Å². The molecule has 0 saturated carbocycles. The van der Waals surface area contributed by atoms with Gasteiger partial charge in [0.05, 0.1) is 11.1 Å². The minimum absolute atomic E-state index is 0.0701. The highest BCUT2D eigenvalue weighted by Crippen LogP contribution is 2.24. The quantitative estimate of drug-likeness (QED) is 0.817. The Bertz CT molecular complexity index is 459. The average molecular weight is 260 g/mol. The van der Waals surface area contributed by atoms with Gasteiger partial charge in [-0.1, -0.05) is 6.92 Å². The summed E-state index contributed by atoms with van der Waals surface area (Å²) in [5, 5.41) is 2.22. The Morgan fingerprint density at radius 3 is 2.33 bits per heavy atom. The molecule has 0 aliphatic carbocycles. The van der Waals surface area contributed by atoms with Crippen molar-refractivity contribution >= 4 is 11.6 Å². The molecule has 1 aromatic rings. The van der Waals surface area contributed by atoms with Crippen LogP contribution in [0.5, 0.6) is 0 Å². The van der Waals surface area contributed by atoms with E-state index in [0.29, 0.717) is 18.6 Å². The second-order valence-electron chi connectivity index (χ2n) is 4.32. The van der Waals surface area contributed by atoms with E-state index in [4.69, 9.17) is 5.73 Å². The first-order chi connectivity index (χ1) is 8.34. The van der Waals surface area contributed by atoms with Crippen LogP contribution in [0.2, 0.25) is 0 Å². The number of anilines is 1. The first kappa shape index (κ1) is 14.5. The number of hydrogen-bond acceptors (Lipinski definition) is 2. The Hall–Kier alpha value is -1.56. The van der Waals surface area contributed by atoms with E-state index in [1.165, 1.54) is 0 Å². The van der Waals surface area contributed by atoms with Gasteiger partial charge in [0.1, 0.15) is 5.82 Å². The Labute approximate surface area is 103 Å². The Morgan fingerprint density at radius 2 is 1.83 bits per heavy atom. The van der Waals surface area contributed by atoms with Crippen molar-refractivity contribution < 1.29 is 18.0 Å². The largest absolute Gasteiger partial charge is 0.329 e. The fourth-order valence-corrected chi connectivity index (χ4v) is 1.29. The van der Waals surface area contributed by atoms with Crippen LogP contribution in [-0.2, 0) is 4.79 Å². The maximum absolute atomic E-state index is 13.3. The van der Waals surface area contributed by atoms with Crippen LogP contribution in [0.25, 0.3) is 0 Å². The Kier molecular flexibility index (Phi) is 4.34. The predicted molar refractivity (Wildman–Crippen MR) is 62.4 cm³/mol. The molecular formula is C12H15F3N2O. The maximum Gasteiger partial charge on any atom is 0.231 e. The number of nitrogens with one attached hydrogen (secondary N) is 1.